The van der Waals surface area contributed by atoms with Crippen LogP contribution in [0.5, 0.6) is 0 Å². The normalized spacial score (nSPS) is 21.9. The van der Waals surface area contributed by atoms with Gasteiger partial charge in [-0.3, -0.25) is 4.79 Å². The van der Waals surface area contributed by atoms with E-state index in [1.54, 1.807) is 0 Å². The van der Waals surface area contributed by atoms with Crippen molar-refractivity contribution in [3.8, 4) is 0 Å². The predicted molar refractivity (Wildman–Crippen MR) is 102 cm³/mol. The number of fused-ring (bicyclic) bond motifs is 5. The Labute approximate surface area is 147 Å². The van der Waals surface area contributed by atoms with E-state index in [1.165, 1.54) is 10.8 Å². The number of para-hydroxylation sites is 1. The molecule has 2 aliphatic rings. The van der Waals surface area contributed by atoms with Crippen molar-refractivity contribution < 1.29 is 4.79 Å². The molecule has 25 heavy (non-hydrogen) atoms. The molecular weight excluding hydrogens is 306 g/mol. The number of benzene rings is 3. The Morgan fingerprint density at radius 2 is 1.68 bits per heavy atom. The molecule has 0 spiro atoms. The van der Waals surface area contributed by atoms with Crippen LogP contribution in [0, 0.1) is 0 Å². The van der Waals surface area contributed by atoms with Crippen LogP contribution in [-0.2, 0) is 4.79 Å². The SMILES string of the molecule is O=C1C2=CCCC1c1ccccc1NC2c1ccc2ccccc2c1. The van der Waals surface area contributed by atoms with E-state index in [-0.39, 0.29) is 17.7 Å². The van der Waals surface area contributed by atoms with Crippen molar-refractivity contribution in [1.29, 1.82) is 0 Å². The van der Waals surface area contributed by atoms with Gasteiger partial charge < -0.3 is 5.32 Å². The van der Waals surface area contributed by atoms with Crippen LogP contribution >= 0.6 is 0 Å². The second kappa shape index (κ2) is 5.59. The molecule has 5 rings (SSSR count). The van der Waals surface area contributed by atoms with Crippen molar-refractivity contribution in [3.05, 3.63) is 89.5 Å². The molecule has 2 heteroatoms. The van der Waals surface area contributed by atoms with E-state index < -0.39 is 0 Å². The Balaban J connectivity index is 1.69. The van der Waals surface area contributed by atoms with E-state index in [0.29, 0.717) is 0 Å². The van der Waals surface area contributed by atoms with Crippen LogP contribution in [0.15, 0.2) is 78.4 Å². The average Bonchev–Trinajstić information content (AvgIpc) is 2.72. The zero-order valence-corrected chi connectivity index (χ0v) is 13.9. The van der Waals surface area contributed by atoms with Crippen molar-refractivity contribution in [1.82, 2.24) is 0 Å². The van der Waals surface area contributed by atoms with E-state index in [0.717, 1.165) is 35.2 Å². The van der Waals surface area contributed by atoms with Crippen LogP contribution in [0.25, 0.3) is 10.8 Å². The third-order valence-corrected chi connectivity index (χ3v) is 5.47. The summed E-state index contributed by atoms with van der Waals surface area (Å²) in [4.78, 5) is 13.1. The maximum Gasteiger partial charge on any atom is 0.168 e. The van der Waals surface area contributed by atoms with Gasteiger partial charge in [-0.2, -0.15) is 0 Å². The summed E-state index contributed by atoms with van der Waals surface area (Å²) >= 11 is 0. The number of Topliss-reactive ketones (excluding diaryl/α,β-unsaturated/α-hetero) is 1. The summed E-state index contributed by atoms with van der Waals surface area (Å²) in [5.74, 6) is 0.274. The van der Waals surface area contributed by atoms with Crippen LogP contribution in [0.2, 0.25) is 0 Å². The first-order valence-electron chi connectivity index (χ1n) is 8.90. The van der Waals surface area contributed by atoms with Crippen molar-refractivity contribution in [2.75, 3.05) is 5.32 Å². The fraction of sp³-hybridized carbons (Fsp3) is 0.174. The van der Waals surface area contributed by atoms with Crippen molar-refractivity contribution in [2.24, 2.45) is 0 Å². The molecule has 2 nitrogen and oxygen atoms in total. The topological polar surface area (TPSA) is 29.1 Å². The van der Waals surface area contributed by atoms with Crippen LogP contribution in [0.1, 0.15) is 35.9 Å². The van der Waals surface area contributed by atoms with Gasteiger partial charge >= 0.3 is 0 Å². The highest BCUT2D eigenvalue weighted by atomic mass is 16.1. The minimum atomic E-state index is -0.0800. The summed E-state index contributed by atoms with van der Waals surface area (Å²) in [6.45, 7) is 0. The third kappa shape index (κ3) is 2.29. The predicted octanol–water partition coefficient (Wildman–Crippen LogP) is 5.38. The summed E-state index contributed by atoms with van der Waals surface area (Å²) in [5, 5.41) is 6.09. The zero-order valence-electron chi connectivity index (χ0n) is 13.9. The molecule has 0 radical (unpaired) electrons. The number of allylic oxidation sites excluding steroid dienone is 1. The number of carbonyl (C=O) groups is 1. The molecule has 1 aliphatic heterocycles. The molecule has 1 N–H and O–H groups in total. The smallest absolute Gasteiger partial charge is 0.168 e. The third-order valence-electron chi connectivity index (χ3n) is 5.47. The second-order valence-corrected chi connectivity index (χ2v) is 6.92. The molecule has 0 saturated carbocycles. The van der Waals surface area contributed by atoms with Crippen molar-refractivity contribution in [3.63, 3.8) is 0 Å². The highest BCUT2D eigenvalue weighted by Gasteiger charge is 2.36. The van der Waals surface area contributed by atoms with Gasteiger partial charge in [-0.15, -0.1) is 0 Å². The van der Waals surface area contributed by atoms with Crippen LogP contribution in [0.4, 0.5) is 5.69 Å². The lowest BCUT2D eigenvalue weighted by molar-refractivity contribution is -0.117. The lowest BCUT2D eigenvalue weighted by atomic mass is 9.80. The van der Waals surface area contributed by atoms with E-state index in [1.807, 2.05) is 12.1 Å². The van der Waals surface area contributed by atoms with Gasteiger partial charge in [0.15, 0.2) is 5.78 Å². The lowest BCUT2D eigenvalue weighted by Gasteiger charge is -2.23. The van der Waals surface area contributed by atoms with E-state index in [9.17, 15) is 4.79 Å². The minimum Gasteiger partial charge on any atom is -0.374 e. The largest absolute Gasteiger partial charge is 0.374 e. The van der Waals surface area contributed by atoms with Gasteiger partial charge in [0.1, 0.15) is 0 Å². The first-order chi connectivity index (χ1) is 12.3. The molecule has 0 saturated heterocycles. The Bertz CT molecular complexity index is 1020. The van der Waals surface area contributed by atoms with Gasteiger partial charge in [0.05, 0.1) is 6.04 Å². The molecule has 2 bridgehead atoms. The standard InChI is InChI=1S/C23H19NO/c25-23-19-9-5-10-20(23)22(24-21-11-4-3-8-18(19)21)17-13-12-15-6-1-2-7-16(15)14-17/h1-4,6-8,10-14,19,22,24H,5,9H2. The highest BCUT2D eigenvalue weighted by molar-refractivity contribution is 6.04. The summed E-state index contributed by atoms with van der Waals surface area (Å²) in [6.07, 6.45) is 4.01. The lowest BCUT2D eigenvalue weighted by Crippen LogP contribution is -2.22. The van der Waals surface area contributed by atoms with Gasteiger partial charge in [-0.25, -0.2) is 0 Å². The highest BCUT2D eigenvalue weighted by Crippen LogP contribution is 2.43. The number of ketones is 1. The van der Waals surface area contributed by atoms with E-state index >= 15 is 0 Å². The molecule has 3 aromatic carbocycles. The Hall–Kier alpha value is -2.87. The number of hydrogen-bond acceptors (Lipinski definition) is 2. The summed E-state index contributed by atoms with van der Waals surface area (Å²) in [6, 6.07) is 23.0. The van der Waals surface area contributed by atoms with Crippen molar-refractivity contribution in [2.45, 2.75) is 24.8 Å². The fourth-order valence-corrected chi connectivity index (χ4v) is 4.21. The van der Waals surface area contributed by atoms with Gasteiger partial charge in [-0.1, -0.05) is 60.7 Å². The van der Waals surface area contributed by atoms with Crippen LogP contribution in [-0.4, -0.2) is 5.78 Å². The van der Waals surface area contributed by atoms with Crippen molar-refractivity contribution >= 4 is 22.2 Å². The number of rotatable bonds is 1. The van der Waals surface area contributed by atoms with Crippen LogP contribution in [0.3, 0.4) is 0 Å². The summed E-state index contributed by atoms with van der Waals surface area (Å²) in [5.41, 5.74) is 4.30. The number of carbonyl (C=O) groups excluding carboxylic acids is 1. The zero-order chi connectivity index (χ0) is 16.8. The first kappa shape index (κ1) is 14.5. The van der Waals surface area contributed by atoms with Crippen LogP contribution < -0.4 is 5.32 Å². The fourth-order valence-electron chi connectivity index (χ4n) is 4.21. The van der Waals surface area contributed by atoms with Gasteiger partial charge in [0.2, 0.25) is 0 Å². The molecule has 122 valence electrons. The van der Waals surface area contributed by atoms with Gasteiger partial charge in [0.25, 0.3) is 0 Å². The molecule has 1 heterocycles. The Morgan fingerprint density at radius 3 is 2.60 bits per heavy atom. The molecule has 0 amide bonds. The quantitative estimate of drug-likeness (QED) is 0.651. The molecule has 0 aromatic heterocycles. The van der Waals surface area contributed by atoms with Gasteiger partial charge in [-0.05, 0) is 46.9 Å². The molecule has 3 aromatic rings. The molecule has 2 atom stereocenters. The second-order valence-electron chi connectivity index (χ2n) is 6.92. The monoisotopic (exact) mass is 325 g/mol. The number of hydrogen-bond donors (Lipinski definition) is 1. The molecule has 0 fully saturated rings. The molecule has 1 aliphatic carbocycles. The maximum atomic E-state index is 13.1. The van der Waals surface area contributed by atoms with E-state index in [4.69, 9.17) is 0 Å². The Kier molecular flexibility index (Phi) is 3.24. The molecular formula is C23H19NO. The Morgan fingerprint density at radius 1 is 0.880 bits per heavy atom. The number of anilines is 1. The maximum absolute atomic E-state index is 13.1. The van der Waals surface area contributed by atoms with Gasteiger partial charge in [0, 0.05) is 17.2 Å². The summed E-state index contributed by atoms with van der Waals surface area (Å²) < 4.78 is 0. The van der Waals surface area contributed by atoms with E-state index in [2.05, 4.69) is 66.0 Å². The average molecular weight is 325 g/mol. The number of nitrogens with one attached hydrogen (secondary N) is 1. The first-order valence-corrected chi connectivity index (χ1v) is 8.90. The minimum absolute atomic E-state index is 0.00541. The molecule has 2 unspecified atom stereocenters. The summed E-state index contributed by atoms with van der Waals surface area (Å²) in [7, 11) is 0.